The molecule has 0 spiro atoms. The molecule has 1 saturated carbocycles. The summed E-state index contributed by atoms with van der Waals surface area (Å²) in [6.45, 7) is -0.0712. The van der Waals surface area contributed by atoms with Gasteiger partial charge >= 0.3 is 12.4 Å². The van der Waals surface area contributed by atoms with Crippen molar-refractivity contribution in [3.05, 3.63) is 105 Å². The van der Waals surface area contributed by atoms with Crippen LogP contribution in [0.3, 0.4) is 0 Å². The van der Waals surface area contributed by atoms with Crippen LogP contribution in [0.4, 0.5) is 32.0 Å². The Balaban J connectivity index is 1.55. The van der Waals surface area contributed by atoms with E-state index in [-0.39, 0.29) is 51.2 Å². The van der Waals surface area contributed by atoms with Gasteiger partial charge in [-0.15, -0.1) is 0 Å². The first-order chi connectivity index (χ1) is 23.7. The summed E-state index contributed by atoms with van der Waals surface area (Å²) in [7, 11) is -4.33. The van der Waals surface area contributed by atoms with Gasteiger partial charge in [0.05, 0.1) is 57.5 Å². The van der Waals surface area contributed by atoms with Crippen LogP contribution in [-0.2, 0) is 35.5 Å². The molecule has 0 saturated heterocycles. The Bertz CT molecular complexity index is 2150. The fourth-order valence-electron chi connectivity index (χ4n) is 5.01. The van der Waals surface area contributed by atoms with E-state index in [1.807, 2.05) is 6.07 Å². The Hall–Kier alpha value is -4.99. The number of rotatable bonds is 10. The summed E-state index contributed by atoms with van der Waals surface area (Å²) >= 11 is 6.34. The third-order valence-electron chi connectivity index (χ3n) is 7.61. The number of nitrogens with one attached hydrogen (secondary N) is 2. The number of carbonyl (C=O) groups is 2. The second kappa shape index (κ2) is 14.0. The number of hydrogen-bond acceptors (Lipinski definition) is 7. The maximum absolute atomic E-state index is 13.9. The Morgan fingerprint density at radius 1 is 1.02 bits per heavy atom. The number of nitrogens with zero attached hydrogens (tertiary/aromatic N) is 5. The molecule has 19 heteroatoms. The fourth-order valence-corrected chi connectivity index (χ4v) is 5.97. The van der Waals surface area contributed by atoms with Crippen molar-refractivity contribution in [2.24, 2.45) is 0 Å². The quantitative estimate of drug-likeness (QED) is 0.182. The average Bonchev–Trinajstić information content (AvgIpc) is 3.75. The summed E-state index contributed by atoms with van der Waals surface area (Å²) in [5.41, 5.74) is -3.75. The molecule has 1 fully saturated rings. The van der Waals surface area contributed by atoms with Crippen LogP contribution >= 0.6 is 11.6 Å². The molecular weight excluding hydrogens is 728 g/mol. The number of nitriles is 1. The lowest BCUT2D eigenvalue weighted by atomic mass is 10.0. The third kappa shape index (κ3) is 8.85. The molecule has 5 rings (SSSR count). The Kier molecular flexibility index (Phi) is 10.2. The molecule has 51 heavy (non-hydrogen) atoms. The Morgan fingerprint density at radius 3 is 2.22 bits per heavy atom. The molecule has 11 nitrogen and oxygen atoms in total. The summed E-state index contributed by atoms with van der Waals surface area (Å²) in [5.74, 6) is -1.51. The molecule has 1 aliphatic carbocycles. The van der Waals surface area contributed by atoms with Crippen molar-refractivity contribution in [3.63, 3.8) is 0 Å². The van der Waals surface area contributed by atoms with E-state index in [4.69, 9.17) is 11.6 Å². The van der Waals surface area contributed by atoms with E-state index in [0.717, 1.165) is 23.6 Å². The van der Waals surface area contributed by atoms with Crippen LogP contribution in [0.1, 0.15) is 67.2 Å². The van der Waals surface area contributed by atoms with Gasteiger partial charge in [-0.2, -0.15) is 41.0 Å². The second-order valence-electron chi connectivity index (χ2n) is 11.7. The number of anilines is 1. The van der Waals surface area contributed by atoms with Gasteiger partial charge in [0.15, 0.2) is 5.82 Å². The highest BCUT2D eigenvalue weighted by atomic mass is 35.5. The van der Waals surface area contributed by atoms with Gasteiger partial charge in [-0.25, -0.2) is 18.1 Å². The smallest absolute Gasteiger partial charge is 0.349 e. The molecule has 0 unspecified atom stereocenters. The number of pyridine rings is 1. The van der Waals surface area contributed by atoms with Gasteiger partial charge in [-0.05, 0) is 79.4 Å². The first-order valence-electron chi connectivity index (χ1n) is 14.8. The monoisotopic (exact) mass is 753 g/mol. The zero-order chi connectivity index (χ0) is 37.5. The van der Waals surface area contributed by atoms with Gasteiger partial charge < -0.3 is 10.6 Å². The van der Waals surface area contributed by atoms with Crippen molar-refractivity contribution >= 4 is 39.1 Å². The number of carbonyl (C=O) groups excluding carboxylic acids is 2. The minimum absolute atomic E-state index is 0.00322. The highest BCUT2D eigenvalue weighted by Gasteiger charge is 2.37. The molecule has 2 aromatic carbocycles. The molecule has 268 valence electrons. The summed E-state index contributed by atoms with van der Waals surface area (Å²) in [6.07, 6.45) is -6.78. The number of alkyl halides is 6. The number of benzene rings is 2. The first kappa shape index (κ1) is 37.3. The van der Waals surface area contributed by atoms with Crippen molar-refractivity contribution in [2.75, 3.05) is 11.6 Å². The van der Waals surface area contributed by atoms with Crippen molar-refractivity contribution in [3.8, 4) is 11.9 Å². The molecule has 2 heterocycles. The molecule has 0 bridgehead atoms. The number of hydrogen-bond donors (Lipinski definition) is 2. The third-order valence-corrected chi connectivity index (χ3v) is 9.10. The van der Waals surface area contributed by atoms with E-state index in [9.17, 15) is 49.6 Å². The summed E-state index contributed by atoms with van der Waals surface area (Å²) in [6, 6.07) is 9.44. The summed E-state index contributed by atoms with van der Waals surface area (Å²) in [5, 5.41) is 19.2. The predicted molar refractivity (Wildman–Crippen MR) is 171 cm³/mol. The Labute approximate surface area is 291 Å². The van der Waals surface area contributed by atoms with E-state index in [1.165, 1.54) is 30.5 Å². The standard InChI is InChI=1S/C32H26ClF6N7O4S/c1-17-8-18(14-40)11-24(29(47)42-22-5-6-22)27(17)43-30(48)26-13-23(44-46(26)28-25(33)4-3-7-41-28)16-45(51(2,49)50)15-19-9-20(31(34,35)36)12-21(10-19)32(37,38)39/h3-4,7-13,22H,5-6,15-16H2,1-2H3,(H,42,47)(H,43,48). The highest BCUT2D eigenvalue weighted by Crippen LogP contribution is 2.37. The predicted octanol–water partition coefficient (Wildman–Crippen LogP) is 6.24. The van der Waals surface area contributed by atoms with Crippen molar-refractivity contribution in [1.82, 2.24) is 24.4 Å². The van der Waals surface area contributed by atoms with Crippen LogP contribution in [0.5, 0.6) is 0 Å². The zero-order valence-corrected chi connectivity index (χ0v) is 28.1. The van der Waals surface area contributed by atoms with Gasteiger partial charge in [0.2, 0.25) is 10.0 Å². The van der Waals surface area contributed by atoms with E-state index in [2.05, 4.69) is 20.7 Å². The lowest BCUT2D eigenvalue weighted by Crippen LogP contribution is -2.29. The minimum Gasteiger partial charge on any atom is -0.349 e. The van der Waals surface area contributed by atoms with E-state index in [1.54, 1.807) is 6.92 Å². The summed E-state index contributed by atoms with van der Waals surface area (Å²) in [4.78, 5) is 31.1. The van der Waals surface area contributed by atoms with E-state index < -0.39 is 64.0 Å². The number of aryl methyl sites for hydroxylation is 1. The average molecular weight is 754 g/mol. The van der Waals surface area contributed by atoms with Crippen LogP contribution in [0.25, 0.3) is 5.82 Å². The van der Waals surface area contributed by atoms with E-state index >= 15 is 0 Å². The lowest BCUT2D eigenvalue weighted by Gasteiger charge is -2.21. The van der Waals surface area contributed by atoms with E-state index in [0.29, 0.717) is 28.3 Å². The second-order valence-corrected chi connectivity index (χ2v) is 14.1. The molecule has 2 amide bonds. The molecule has 0 atom stereocenters. The molecule has 2 N–H and O–H groups in total. The molecule has 2 aromatic heterocycles. The molecular formula is C32H26ClF6N7O4S. The van der Waals surface area contributed by atoms with Crippen LogP contribution in [0.15, 0.2) is 54.7 Å². The molecule has 1 aliphatic rings. The van der Waals surface area contributed by atoms with Crippen molar-refractivity contribution < 1.29 is 44.3 Å². The maximum atomic E-state index is 13.9. The van der Waals surface area contributed by atoms with Crippen molar-refractivity contribution in [2.45, 2.75) is 51.2 Å². The fraction of sp³-hybridized carbons (Fsp3) is 0.281. The van der Waals surface area contributed by atoms with Crippen LogP contribution in [0, 0.1) is 18.3 Å². The zero-order valence-electron chi connectivity index (χ0n) is 26.5. The van der Waals surface area contributed by atoms with Gasteiger partial charge in [0.25, 0.3) is 11.8 Å². The number of halogens is 7. The topological polar surface area (TPSA) is 150 Å². The minimum atomic E-state index is -5.17. The van der Waals surface area contributed by atoms with Gasteiger partial charge in [0.1, 0.15) is 5.69 Å². The summed E-state index contributed by atoms with van der Waals surface area (Å²) < 4.78 is 108. The van der Waals surface area contributed by atoms with Gasteiger partial charge in [-0.3, -0.25) is 9.59 Å². The normalized spacial score (nSPS) is 13.6. The highest BCUT2D eigenvalue weighted by molar-refractivity contribution is 7.88. The van der Waals surface area contributed by atoms with Gasteiger partial charge in [0, 0.05) is 18.8 Å². The van der Waals surface area contributed by atoms with Crippen LogP contribution in [-0.4, -0.2) is 51.6 Å². The van der Waals surface area contributed by atoms with Crippen LogP contribution in [0.2, 0.25) is 5.02 Å². The number of sulfonamides is 1. The molecule has 0 radical (unpaired) electrons. The Morgan fingerprint density at radius 2 is 1.67 bits per heavy atom. The number of amides is 2. The largest absolute Gasteiger partial charge is 0.416 e. The molecule has 4 aromatic rings. The number of aromatic nitrogens is 3. The van der Waals surface area contributed by atoms with Crippen LogP contribution < -0.4 is 10.6 Å². The van der Waals surface area contributed by atoms with Gasteiger partial charge in [-0.1, -0.05) is 11.6 Å². The maximum Gasteiger partial charge on any atom is 0.416 e. The molecule has 0 aliphatic heterocycles. The first-order valence-corrected chi connectivity index (χ1v) is 17.1. The SMILES string of the molecule is Cc1cc(C#N)cc(C(=O)NC2CC2)c1NC(=O)c1cc(CN(Cc2cc(C(F)(F)F)cc(C(F)(F)F)c2)S(C)(=O)=O)nn1-c1ncccc1Cl. The van der Waals surface area contributed by atoms with Crippen molar-refractivity contribution in [1.29, 1.82) is 5.26 Å². The lowest BCUT2D eigenvalue weighted by molar-refractivity contribution is -0.143.